The highest BCUT2D eigenvalue weighted by atomic mass is 16.3. The number of aromatic nitrogens is 1. The fourth-order valence-corrected chi connectivity index (χ4v) is 1.93. The van der Waals surface area contributed by atoms with E-state index in [4.69, 9.17) is 4.42 Å². The summed E-state index contributed by atoms with van der Waals surface area (Å²) in [6, 6.07) is 9.40. The zero-order chi connectivity index (χ0) is 12.5. The van der Waals surface area contributed by atoms with Crippen molar-refractivity contribution in [1.82, 2.24) is 4.98 Å². The molecule has 0 unspecified atom stereocenters. The average molecular weight is 239 g/mol. The van der Waals surface area contributed by atoms with Gasteiger partial charge < -0.3 is 9.52 Å². The molecular weight excluding hydrogens is 230 g/mol. The van der Waals surface area contributed by atoms with Crippen molar-refractivity contribution in [3.63, 3.8) is 0 Å². The maximum Gasteiger partial charge on any atom is 0.172 e. The third kappa shape index (κ3) is 1.47. The fourth-order valence-electron chi connectivity index (χ4n) is 1.93. The largest absolute Gasteiger partial charge is 0.505 e. The van der Waals surface area contributed by atoms with E-state index in [0.717, 1.165) is 5.56 Å². The predicted molar refractivity (Wildman–Crippen MR) is 66.5 cm³/mol. The van der Waals surface area contributed by atoms with Crippen molar-refractivity contribution < 1.29 is 14.3 Å². The summed E-state index contributed by atoms with van der Waals surface area (Å²) in [7, 11) is 0. The Morgan fingerprint density at radius 3 is 2.72 bits per heavy atom. The van der Waals surface area contributed by atoms with Crippen LogP contribution in [0.15, 0.2) is 47.2 Å². The summed E-state index contributed by atoms with van der Waals surface area (Å²) < 4.78 is 5.47. The van der Waals surface area contributed by atoms with Gasteiger partial charge in [-0.15, -0.1) is 0 Å². The van der Waals surface area contributed by atoms with E-state index >= 15 is 0 Å². The minimum absolute atomic E-state index is 0.0149. The molecule has 0 spiro atoms. The van der Waals surface area contributed by atoms with E-state index in [1.807, 2.05) is 30.3 Å². The van der Waals surface area contributed by atoms with Crippen molar-refractivity contribution in [2.24, 2.45) is 0 Å². The van der Waals surface area contributed by atoms with Gasteiger partial charge in [0.2, 0.25) is 0 Å². The molecule has 1 N–H and O–H groups in total. The number of furan rings is 1. The number of hydrogen-bond donors (Lipinski definition) is 1. The highest BCUT2D eigenvalue weighted by molar-refractivity contribution is 6.01. The molecule has 0 radical (unpaired) electrons. The average Bonchev–Trinajstić information content (AvgIpc) is 2.85. The number of pyridine rings is 1. The summed E-state index contributed by atoms with van der Waals surface area (Å²) in [5.41, 5.74) is 0.854. The molecule has 0 saturated heterocycles. The number of nitrogens with zero attached hydrogens (tertiary/aromatic N) is 1. The van der Waals surface area contributed by atoms with Crippen LogP contribution in [0.4, 0.5) is 0 Å². The number of fused-ring (bicyclic) bond motifs is 1. The molecule has 3 rings (SSSR count). The first-order valence-electron chi connectivity index (χ1n) is 5.41. The molecule has 0 aliphatic heterocycles. The zero-order valence-corrected chi connectivity index (χ0v) is 9.33. The van der Waals surface area contributed by atoms with Gasteiger partial charge >= 0.3 is 0 Å². The third-order valence-electron chi connectivity index (χ3n) is 2.79. The van der Waals surface area contributed by atoms with Crippen LogP contribution in [0.25, 0.3) is 22.1 Å². The third-order valence-corrected chi connectivity index (χ3v) is 2.79. The van der Waals surface area contributed by atoms with Crippen molar-refractivity contribution in [2.75, 3.05) is 0 Å². The summed E-state index contributed by atoms with van der Waals surface area (Å²) >= 11 is 0. The Labute approximate surface area is 103 Å². The van der Waals surface area contributed by atoms with Crippen LogP contribution < -0.4 is 0 Å². The molecule has 0 aliphatic carbocycles. The van der Waals surface area contributed by atoms with Crippen LogP contribution in [0.2, 0.25) is 0 Å². The summed E-state index contributed by atoms with van der Waals surface area (Å²) in [6.07, 6.45) is 3.55. The molecule has 2 heterocycles. The first kappa shape index (κ1) is 10.5. The normalized spacial score (nSPS) is 10.7. The Kier molecular flexibility index (Phi) is 2.34. The van der Waals surface area contributed by atoms with E-state index in [1.54, 1.807) is 0 Å². The van der Waals surface area contributed by atoms with Gasteiger partial charge in [0, 0.05) is 17.1 Å². The van der Waals surface area contributed by atoms with Crippen molar-refractivity contribution >= 4 is 17.1 Å². The molecule has 0 saturated carbocycles. The summed E-state index contributed by atoms with van der Waals surface area (Å²) in [6.45, 7) is 0. The second-order valence-corrected chi connectivity index (χ2v) is 3.87. The Hall–Kier alpha value is -2.62. The summed E-state index contributed by atoms with van der Waals surface area (Å²) in [5, 5.41) is 11.2. The van der Waals surface area contributed by atoms with Gasteiger partial charge in [0.05, 0.1) is 5.39 Å². The van der Waals surface area contributed by atoms with Crippen LogP contribution in [0, 0.1) is 0 Å². The molecule has 1 aromatic carbocycles. The topological polar surface area (TPSA) is 63.3 Å². The maximum atomic E-state index is 10.8. The minimum Gasteiger partial charge on any atom is -0.505 e. The number of carbonyl (C=O) groups is 1. The number of carbonyl (C=O) groups excluding carboxylic acids is 1. The molecule has 2 aromatic heterocycles. The van der Waals surface area contributed by atoms with Crippen LogP contribution >= 0.6 is 0 Å². The number of hydrogen-bond acceptors (Lipinski definition) is 4. The van der Waals surface area contributed by atoms with E-state index in [1.165, 1.54) is 12.5 Å². The summed E-state index contributed by atoms with van der Waals surface area (Å²) in [4.78, 5) is 14.6. The molecule has 18 heavy (non-hydrogen) atoms. The van der Waals surface area contributed by atoms with Crippen molar-refractivity contribution in [2.45, 2.75) is 0 Å². The van der Waals surface area contributed by atoms with Crippen LogP contribution in [0.1, 0.15) is 10.5 Å². The maximum absolute atomic E-state index is 10.8. The molecule has 3 aromatic rings. The van der Waals surface area contributed by atoms with Crippen LogP contribution in [0.5, 0.6) is 5.75 Å². The lowest BCUT2D eigenvalue weighted by Gasteiger charge is -2.01. The molecule has 88 valence electrons. The van der Waals surface area contributed by atoms with E-state index in [-0.39, 0.29) is 11.4 Å². The lowest BCUT2D eigenvalue weighted by molar-refractivity contribution is 0.111. The molecule has 0 bridgehead atoms. The number of benzene rings is 1. The zero-order valence-electron chi connectivity index (χ0n) is 9.33. The monoisotopic (exact) mass is 239 g/mol. The number of rotatable bonds is 2. The molecular formula is C14H9NO3. The van der Waals surface area contributed by atoms with E-state index < -0.39 is 0 Å². The van der Waals surface area contributed by atoms with Crippen LogP contribution in [0.3, 0.4) is 0 Å². The Morgan fingerprint density at radius 2 is 2.00 bits per heavy atom. The van der Waals surface area contributed by atoms with Gasteiger partial charge in [-0.05, 0) is 0 Å². The second-order valence-electron chi connectivity index (χ2n) is 3.87. The molecule has 4 nitrogen and oxygen atoms in total. The van der Waals surface area contributed by atoms with Crippen molar-refractivity contribution in [3.05, 3.63) is 48.5 Å². The summed E-state index contributed by atoms with van der Waals surface area (Å²) in [5.74, 6) is 0.392. The van der Waals surface area contributed by atoms with Crippen LogP contribution in [-0.2, 0) is 0 Å². The van der Waals surface area contributed by atoms with Gasteiger partial charge in [0.15, 0.2) is 12.0 Å². The quantitative estimate of drug-likeness (QED) is 0.698. The Balaban J connectivity index is 2.35. The van der Waals surface area contributed by atoms with Crippen LogP contribution in [-0.4, -0.2) is 16.4 Å². The van der Waals surface area contributed by atoms with Gasteiger partial charge in [-0.25, -0.2) is 4.98 Å². The Bertz CT molecular complexity index is 716. The van der Waals surface area contributed by atoms with Gasteiger partial charge in [-0.2, -0.15) is 0 Å². The Morgan fingerprint density at radius 1 is 1.22 bits per heavy atom. The van der Waals surface area contributed by atoms with E-state index in [0.29, 0.717) is 22.8 Å². The predicted octanol–water partition coefficient (Wildman–Crippen LogP) is 3.01. The molecule has 0 atom stereocenters. The highest BCUT2D eigenvalue weighted by Crippen LogP contribution is 2.36. The SMILES string of the molecule is O=Cc1ncc2coc(-c3ccccc3)c2c1O. The minimum atomic E-state index is -0.143. The number of aromatic hydroxyl groups is 1. The molecule has 0 aliphatic rings. The number of aldehydes is 1. The highest BCUT2D eigenvalue weighted by Gasteiger charge is 2.15. The molecule has 0 fully saturated rings. The standard InChI is InChI=1S/C14H9NO3/c16-7-11-13(17)12-10(6-15-11)8-18-14(12)9-4-2-1-3-5-9/h1-8,17H. The smallest absolute Gasteiger partial charge is 0.172 e. The van der Waals surface area contributed by atoms with E-state index in [9.17, 15) is 9.90 Å². The van der Waals surface area contributed by atoms with Crippen molar-refractivity contribution in [1.29, 1.82) is 0 Å². The molecule has 0 amide bonds. The lowest BCUT2D eigenvalue weighted by Crippen LogP contribution is -1.87. The first-order valence-corrected chi connectivity index (χ1v) is 5.41. The fraction of sp³-hybridized carbons (Fsp3) is 0. The molecule has 4 heteroatoms. The lowest BCUT2D eigenvalue weighted by atomic mass is 10.1. The first-order chi connectivity index (χ1) is 8.81. The van der Waals surface area contributed by atoms with Gasteiger partial charge in [0.1, 0.15) is 17.7 Å². The van der Waals surface area contributed by atoms with Crippen molar-refractivity contribution in [3.8, 4) is 17.1 Å². The van der Waals surface area contributed by atoms with E-state index in [2.05, 4.69) is 4.98 Å². The second kappa shape index (κ2) is 4.00. The van der Waals surface area contributed by atoms with Gasteiger partial charge in [0.25, 0.3) is 0 Å². The van der Waals surface area contributed by atoms with Gasteiger partial charge in [-0.1, -0.05) is 30.3 Å². The van der Waals surface area contributed by atoms with Gasteiger partial charge in [-0.3, -0.25) is 4.79 Å².